The fraction of sp³-hybridized carbons (Fsp3) is 0.0526. The quantitative estimate of drug-likeness (QED) is 0.168. The molecule has 0 saturated carbocycles. The standard InChI is InChI=1S/C57H40N2O/c1-57(2)50-22-12-9-19-44(50)45-34-33-43(35-51(45)57)58(40-17-7-4-8-18-40)41-29-31-42(32-30-41)59-52-23-13-10-21-47(52)54-55(59)48(36-49-46-20-11-14-24-53(46)60-56(49)54)39-27-25-38(26-28-39)37-15-5-3-6-16-37/h3-36H,1-2H3. The van der Waals surface area contributed by atoms with Crippen LogP contribution in [0.4, 0.5) is 17.1 Å². The monoisotopic (exact) mass is 768 g/mol. The first-order chi connectivity index (χ1) is 29.5. The first-order valence-electron chi connectivity index (χ1n) is 20.8. The number of nitrogens with zero attached hydrogens (tertiary/aromatic N) is 2. The average molecular weight is 769 g/mol. The minimum atomic E-state index is -0.102. The van der Waals surface area contributed by atoms with Crippen LogP contribution in [-0.4, -0.2) is 4.57 Å². The summed E-state index contributed by atoms with van der Waals surface area (Å²) in [6.45, 7) is 4.69. The van der Waals surface area contributed by atoms with E-state index in [1.807, 2.05) is 0 Å². The van der Waals surface area contributed by atoms with Crippen molar-refractivity contribution in [3.05, 3.63) is 217 Å². The third-order valence-electron chi connectivity index (χ3n) is 12.8. The summed E-state index contributed by atoms with van der Waals surface area (Å²) in [7, 11) is 0. The summed E-state index contributed by atoms with van der Waals surface area (Å²) in [6, 6.07) is 74.8. The Kier molecular flexibility index (Phi) is 7.58. The zero-order chi connectivity index (χ0) is 40.0. The van der Waals surface area contributed by atoms with Gasteiger partial charge in [-0.2, -0.15) is 0 Å². The Morgan fingerprint density at radius 3 is 1.83 bits per heavy atom. The van der Waals surface area contributed by atoms with E-state index in [2.05, 4.69) is 230 Å². The zero-order valence-electron chi connectivity index (χ0n) is 33.4. The summed E-state index contributed by atoms with van der Waals surface area (Å²) in [6.07, 6.45) is 0. The molecule has 9 aromatic carbocycles. The molecular formula is C57H40N2O. The van der Waals surface area contributed by atoms with Crippen molar-refractivity contribution >= 4 is 60.8 Å². The second-order valence-corrected chi connectivity index (χ2v) is 16.5. The van der Waals surface area contributed by atoms with Crippen LogP contribution in [0.2, 0.25) is 0 Å². The largest absolute Gasteiger partial charge is 0.455 e. The van der Waals surface area contributed by atoms with Crippen LogP contribution in [0.25, 0.3) is 82.8 Å². The number of aromatic nitrogens is 1. The molecule has 0 aliphatic heterocycles. The molecule has 11 aromatic rings. The van der Waals surface area contributed by atoms with Gasteiger partial charge in [-0.15, -0.1) is 0 Å². The third kappa shape index (κ3) is 5.15. The SMILES string of the molecule is CC1(C)c2ccccc2-c2ccc(N(c3ccccc3)c3ccc(-n4c5ccccc5c5c6oc7ccccc7c6cc(-c6ccc(-c7ccccc7)cc6)c54)cc3)cc21. The first-order valence-corrected chi connectivity index (χ1v) is 20.8. The van der Waals surface area contributed by atoms with E-state index in [4.69, 9.17) is 4.42 Å². The topological polar surface area (TPSA) is 21.3 Å². The molecule has 0 atom stereocenters. The molecule has 0 fully saturated rings. The lowest BCUT2D eigenvalue weighted by atomic mass is 9.82. The summed E-state index contributed by atoms with van der Waals surface area (Å²) in [5, 5.41) is 4.53. The van der Waals surface area contributed by atoms with Crippen molar-refractivity contribution in [1.82, 2.24) is 4.57 Å². The highest BCUT2D eigenvalue weighted by molar-refractivity contribution is 6.27. The van der Waals surface area contributed by atoms with Crippen LogP contribution < -0.4 is 4.90 Å². The summed E-state index contributed by atoms with van der Waals surface area (Å²) in [5.41, 5.74) is 18.5. The normalized spacial score (nSPS) is 13.0. The van der Waals surface area contributed by atoms with E-state index in [1.54, 1.807) is 0 Å². The van der Waals surface area contributed by atoms with Gasteiger partial charge in [0.05, 0.1) is 16.4 Å². The predicted molar refractivity (Wildman–Crippen MR) is 251 cm³/mol. The van der Waals surface area contributed by atoms with Gasteiger partial charge in [0.2, 0.25) is 0 Å². The lowest BCUT2D eigenvalue weighted by Crippen LogP contribution is -2.16. The van der Waals surface area contributed by atoms with Gasteiger partial charge in [0.1, 0.15) is 11.2 Å². The Morgan fingerprint density at radius 2 is 1.03 bits per heavy atom. The molecule has 284 valence electrons. The molecule has 2 heterocycles. The molecule has 0 spiro atoms. The van der Waals surface area contributed by atoms with E-state index in [0.29, 0.717) is 0 Å². The van der Waals surface area contributed by atoms with Gasteiger partial charge in [0.15, 0.2) is 0 Å². The zero-order valence-corrected chi connectivity index (χ0v) is 33.4. The van der Waals surface area contributed by atoms with Crippen molar-refractivity contribution < 1.29 is 4.42 Å². The summed E-state index contributed by atoms with van der Waals surface area (Å²) in [4.78, 5) is 2.38. The number of benzene rings is 9. The fourth-order valence-corrected chi connectivity index (χ4v) is 9.90. The highest BCUT2D eigenvalue weighted by Gasteiger charge is 2.35. The Hall–Kier alpha value is -7.62. The minimum Gasteiger partial charge on any atom is -0.455 e. The summed E-state index contributed by atoms with van der Waals surface area (Å²) < 4.78 is 9.22. The molecule has 1 aliphatic rings. The van der Waals surface area contributed by atoms with Gasteiger partial charge >= 0.3 is 0 Å². The third-order valence-corrected chi connectivity index (χ3v) is 12.8. The molecule has 1 aliphatic carbocycles. The van der Waals surface area contributed by atoms with Gasteiger partial charge in [-0.1, -0.05) is 153 Å². The smallest absolute Gasteiger partial charge is 0.145 e. The Labute approximate surface area is 349 Å². The van der Waals surface area contributed by atoms with Crippen molar-refractivity contribution in [2.24, 2.45) is 0 Å². The van der Waals surface area contributed by atoms with Crippen molar-refractivity contribution in [1.29, 1.82) is 0 Å². The molecule has 3 nitrogen and oxygen atoms in total. The molecule has 0 bridgehead atoms. The first kappa shape index (κ1) is 34.4. The molecule has 12 rings (SSSR count). The van der Waals surface area contributed by atoms with Gasteiger partial charge in [-0.3, -0.25) is 0 Å². The molecule has 0 unspecified atom stereocenters. The molecule has 2 aromatic heterocycles. The van der Waals surface area contributed by atoms with Crippen molar-refractivity contribution in [2.75, 3.05) is 4.90 Å². The Morgan fingerprint density at radius 1 is 0.433 bits per heavy atom. The number of anilines is 3. The van der Waals surface area contributed by atoms with Crippen molar-refractivity contribution in [3.63, 3.8) is 0 Å². The minimum absolute atomic E-state index is 0.102. The van der Waals surface area contributed by atoms with Gasteiger partial charge in [-0.25, -0.2) is 0 Å². The van der Waals surface area contributed by atoms with Gasteiger partial charge in [0, 0.05) is 49.9 Å². The maximum absolute atomic E-state index is 6.79. The summed E-state index contributed by atoms with van der Waals surface area (Å²) in [5.74, 6) is 0. The van der Waals surface area contributed by atoms with E-state index < -0.39 is 0 Å². The lowest BCUT2D eigenvalue weighted by molar-refractivity contribution is 0.660. The van der Waals surface area contributed by atoms with Crippen molar-refractivity contribution in [3.8, 4) is 39.1 Å². The molecule has 0 amide bonds. The maximum Gasteiger partial charge on any atom is 0.145 e. The number of fused-ring (bicyclic) bond motifs is 10. The van der Waals surface area contributed by atoms with Gasteiger partial charge in [0.25, 0.3) is 0 Å². The molecule has 3 heteroatoms. The van der Waals surface area contributed by atoms with Crippen LogP contribution >= 0.6 is 0 Å². The number of hydrogen-bond donors (Lipinski definition) is 0. The maximum atomic E-state index is 6.79. The Balaban J connectivity index is 1.06. The Bertz CT molecular complexity index is 3430. The van der Waals surface area contributed by atoms with Crippen LogP contribution in [0.15, 0.2) is 211 Å². The lowest BCUT2D eigenvalue weighted by Gasteiger charge is -2.28. The second kappa shape index (κ2) is 13.2. The van der Waals surface area contributed by atoms with E-state index in [1.165, 1.54) is 33.4 Å². The predicted octanol–water partition coefficient (Wildman–Crippen LogP) is 15.8. The molecule has 0 N–H and O–H groups in total. The number of para-hydroxylation sites is 3. The highest BCUT2D eigenvalue weighted by atomic mass is 16.3. The van der Waals surface area contributed by atoms with Crippen LogP contribution in [0, 0.1) is 0 Å². The van der Waals surface area contributed by atoms with E-state index in [0.717, 1.165) is 77.6 Å². The van der Waals surface area contributed by atoms with Gasteiger partial charge < -0.3 is 13.9 Å². The fourth-order valence-electron chi connectivity index (χ4n) is 9.90. The van der Waals surface area contributed by atoms with Crippen molar-refractivity contribution in [2.45, 2.75) is 19.3 Å². The average Bonchev–Trinajstić information content (AvgIpc) is 3.93. The number of rotatable bonds is 6. The van der Waals surface area contributed by atoms with E-state index in [9.17, 15) is 0 Å². The van der Waals surface area contributed by atoms with Crippen LogP contribution in [-0.2, 0) is 5.41 Å². The molecule has 0 saturated heterocycles. The second-order valence-electron chi connectivity index (χ2n) is 16.5. The van der Waals surface area contributed by atoms with Gasteiger partial charge in [-0.05, 0) is 106 Å². The highest BCUT2D eigenvalue weighted by Crippen LogP contribution is 2.51. The summed E-state index contributed by atoms with van der Waals surface area (Å²) >= 11 is 0. The molecular weight excluding hydrogens is 729 g/mol. The van der Waals surface area contributed by atoms with E-state index in [-0.39, 0.29) is 5.41 Å². The van der Waals surface area contributed by atoms with Crippen LogP contribution in [0.3, 0.4) is 0 Å². The molecule has 0 radical (unpaired) electrons. The number of hydrogen-bond acceptors (Lipinski definition) is 2. The van der Waals surface area contributed by atoms with Crippen LogP contribution in [0.5, 0.6) is 0 Å². The number of furan rings is 1. The van der Waals surface area contributed by atoms with E-state index >= 15 is 0 Å². The van der Waals surface area contributed by atoms with Crippen LogP contribution in [0.1, 0.15) is 25.0 Å². The molecule has 60 heavy (non-hydrogen) atoms.